The van der Waals surface area contributed by atoms with Gasteiger partial charge in [0.25, 0.3) is 0 Å². The van der Waals surface area contributed by atoms with Gasteiger partial charge in [0.15, 0.2) is 7.14 Å². The maximum Gasteiger partial charge on any atom is 0.358 e. The SMILES string of the molecule is COC(=O)Cc1ccccc1[I+]c1ccccc1. The van der Waals surface area contributed by atoms with E-state index in [2.05, 4.69) is 30.3 Å². The second-order valence-electron chi connectivity index (χ2n) is 3.73. The summed E-state index contributed by atoms with van der Waals surface area (Å²) in [5.41, 5.74) is 1.08. The second-order valence-corrected chi connectivity index (χ2v) is 6.68. The molecule has 0 heterocycles. The highest BCUT2D eigenvalue weighted by atomic mass is 127. The van der Waals surface area contributed by atoms with Gasteiger partial charge in [-0.25, -0.2) is 0 Å². The maximum absolute atomic E-state index is 11.4. The van der Waals surface area contributed by atoms with Crippen LogP contribution in [0.3, 0.4) is 0 Å². The molecule has 0 spiro atoms. The Bertz CT molecular complexity index is 523. The fourth-order valence-corrected chi connectivity index (χ4v) is 4.11. The number of methoxy groups -OCH3 is 1. The van der Waals surface area contributed by atoms with Crippen LogP contribution in [0.4, 0.5) is 0 Å². The molecule has 0 radical (unpaired) electrons. The zero-order valence-corrected chi connectivity index (χ0v) is 12.3. The molecule has 0 amide bonds. The summed E-state index contributed by atoms with van der Waals surface area (Å²) in [5.74, 6) is -0.181. The highest BCUT2D eigenvalue weighted by Gasteiger charge is 2.20. The van der Waals surface area contributed by atoms with E-state index in [9.17, 15) is 4.79 Å². The third kappa shape index (κ3) is 3.57. The lowest BCUT2D eigenvalue weighted by atomic mass is 10.2. The van der Waals surface area contributed by atoms with Crippen molar-refractivity contribution in [2.75, 3.05) is 7.11 Å². The Morgan fingerprint density at radius 3 is 2.44 bits per heavy atom. The van der Waals surface area contributed by atoms with Crippen molar-refractivity contribution in [3.8, 4) is 0 Å². The van der Waals surface area contributed by atoms with Crippen LogP contribution in [0.25, 0.3) is 0 Å². The molecule has 92 valence electrons. The Hall–Kier alpha value is -1.36. The first-order valence-electron chi connectivity index (χ1n) is 5.64. The summed E-state index contributed by atoms with van der Waals surface area (Å²) in [4.78, 5) is 11.4. The zero-order chi connectivity index (χ0) is 12.8. The van der Waals surface area contributed by atoms with Crippen molar-refractivity contribution in [2.45, 2.75) is 6.42 Å². The molecule has 0 atom stereocenters. The summed E-state index contributed by atoms with van der Waals surface area (Å²) in [6, 6.07) is 18.5. The normalized spacial score (nSPS) is 10.1. The third-order valence-electron chi connectivity index (χ3n) is 2.46. The standard InChI is InChI=1S/C15H14IO2/c1-18-15(17)11-12-7-5-6-10-14(12)16-13-8-3-2-4-9-13/h2-10H,11H2,1H3/q+1. The number of benzene rings is 2. The lowest BCUT2D eigenvalue weighted by Gasteiger charge is -1.99. The van der Waals surface area contributed by atoms with Crippen LogP contribution in [0, 0.1) is 7.14 Å². The van der Waals surface area contributed by atoms with Crippen molar-refractivity contribution >= 4 is 5.97 Å². The van der Waals surface area contributed by atoms with Crippen molar-refractivity contribution in [1.82, 2.24) is 0 Å². The Morgan fingerprint density at radius 1 is 1.06 bits per heavy atom. The summed E-state index contributed by atoms with van der Waals surface area (Å²) in [6.45, 7) is 0. The van der Waals surface area contributed by atoms with Gasteiger partial charge in [-0.3, -0.25) is 4.79 Å². The molecule has 0 fully saturated rings. The predicted octanol–water partition coefficient (Wildman–Crippen LogP) is -0.469. The Balaban J connectivity index is 2.20. The van der Waals surface area contributed by atoms with Gasteiger partial charge in [0.1, 0.15) is 0 Å². The monoisotopic (exact) mass is 353 g/mol. The van der Waals surface area contributed by atoms with Crippen LogP contribution >= 0.6 is 0 Å². The van der Waals surface area contributed by atoms with Crippen LogP contribution in [0.2, 0.25) is 0 Å². The van der Waals surface area contributed by atoms with E-state index < -0.39 is 0 Å². The van der Waals surface area contributed by atoms with Gasteiger partial charge in [-0.2, -0.15) is 0 Å². The fraction of sp³-hybridized carbons (Fsp3) is 0.133. The molecule has 2 aromatic rings. The van der Waals surface area contributed by atoms with Crippen molar-refractivity contribution in [3.05, 3.63) is 67.3 Å². The van der Waals surface area contributed by atoms with Gasteiger partial charge in [-0.1, -0.05) is 36.4 Å². The molecule has 3 heteroatoms. The molecule has 0 aliphatic rings. The molecule has 0 unspecified atom stereocenters. The smallest absolute Gasteiger partial charge is 0.358 e. The number of carbonyl (C=O) groups excluding carboxylic acids is 1. The summed E-state index contributed by atoms with van der Waals surface area (Å²) in [7, 11) is 1.43. The van der Waals surface area contributed by atoms with Crippen LogP contribution < -0.4 is 21.2 Å². The van der Waals surface area contributed by atoms with Crippen LogP contribution in [0.15, 0.2) is 54.6 Å². The molecule has 0 saturated heterocycles. The number of carbonyl (C=O) groups is 1. The number of ether oxygens (including phenoxy) is 1. The second kappa shape index (κ2) is 6.54. The maximum atomic E-state index is 11.4. The van der Waals surface area contributed by atoms with Crippen LogP contribution in [-0.4, -0.2) is 13.1 Å². The number of rotatable bonds is 4. The van der Waals surface area contributed by atoms with Gasteiger partial charge in [0.2, 0.25) is 0 Å². The molecule has 0 bridgehead atoms. The van der Waals surface area contributed by atoms with Crippen molar-refractivity contribution in [3.63, 3.8) is 0 Å². The molecule has 0 N–H and O–H groups in total. The summed E-state index contributed by atoms with van der Waals surface area (Å²) in [6.07, 6.45) is 0.360. The Kier molecular flexibility index (Phi) is 4.75. The van der Waals surface area contributed by atoms with E-state index in [1.165, 1.54) is 14.3 Å². The van der Waals surface area contributed by atoms with Crippen LogP contribution in [-0.2, 0) is 16.0 Å². The van der Waals surface area contributed by atoms with Gasteiger partial charge in [0, 0.05) is 5.56 Å². The van der Waals surface area contributed by atoms with Gasteiger partial charge in [-0.05, 0) is 18.2 Å². The topological polar surface area (TPSA) is 26.3 Å². The fourth-order valence-electron chi connectivity index (χ4n) is 1.56. The number of hydrogen-bond donors (Lipinski definition) is 0. The first-order chi connectivity index (χ1) is 8.79. The van der Waals surface area contributed by atoms with Gasteiger partial charge in [-0.15, -0.1) is 0 Å². The molecule has 18 heavy (non-hydrogen) atoms. The molecule has 2 rings (SSSR count). The molecule has 0 saturated carbocycles. The molecule has 2 nitrogen and oxygen atoms in total. The lowest BCUT2D eigenvalue weighted by Crippen LogP contribution is -3.61. The average Bonchev–Trinajstić information content (AvgIpc) is 2.42. The average molecular weight is 353 g/mol. The van der Waals surface area contributed by atoms with E-state index in [0.717, 1.165) is 5.56 Å². The number of halogens is 1. The molecular formula is C15H14IO2+. The third-order valence-corrected chi connectivity index (χ3v) is 5.44. The molecule has 0 aromatic heterocycles. The van der Waals surface area contributed by atoms with Crippen LogP contribution in [0.5, 0.6) is 0 Å². The minimum Gasteiger partial charge on any atom is -0.469 e. The van der Waals surface area contributed by atoms with E-state index in [-0.39, 0.29) is 27.2 Å². The minimum absolute atomic E-state index is 0.181. The van der Waals surface area contributed by atoms with E-state index in [1.807, 2.05) is 24.3 Å². The Labute approximate surface area is 117 Å². The van der Waals surface area contributed by atoms with Crippen molar-refractivity contribution in [2.24, 2.45) is 0 Å². The van der Waals surface area contributed by atoms with Crippen molar-refractivity contribution in [1.29, 1.82) is 0 Å². The highest BCUT2D eigenvalue weighted by Crippen LogP contribution is 2.01. The first-order valence-corrected chi connectivity index (χ1v) is 7.80. The summed E-state index contributed by atoms with van der Waals surface area (Å²) >= 11 is -0.238. The van der Waals surface area contributed by atoms with E-state index in [0.29, 0.717) is 6.42 Å². The van der Waals surface area contributed by atoms with Gasteiger partial charge >= 0.3 is 27.2 Å². The highest BCUT2D eigenvalue weighted by molar-refractivity contribution is 5.72. The van der Waals surface area contributed by atoms with E-state index >= 15 is 0 Å². The predicted molar refractivity (Wildman–Crippen MR) is 66.0 cm³/mol. The molecular weight excluding hydrogens is 339 g/mol. The summed E-state index contributed by atoms with van der Waals surface area (Å²) < 4.78 is 7.37. The van der Waals surface area contributed by atoms with Gasteiger partial charge < -0.3 is 4.74 Å². The quantitative estimate of drug-likeness (QED) is 0.549. The molecule has 0 aliphatic heterocycles. The largest absolute Gasteiger partial charge is 0.469 e. The van der Waals surface area contributed by atoms with E-state index in [4.69, 9.17) is 4.74 Å². The minimum atomic E-state index is -0.238. The Morgan fingerprint density at radius 2 is 1.72 bits per heavy atom. The molecule has 0 aliphatic carbocycles. The van der Waals surface area contributed by atoms with Crippen molar-refractivity contribution < 1.29 is 30.7 Å². The number of esters is 1. The lowest BCUT2D eigenvalue weighted by molar-refractivity contribution is -0.598. The summed E-state index contributed by atoms with van der Waals surface area (Å²) in [5, 5.41) is 0. The first kappa shape index (κ1) is 13.1. The molecule has 2 aromatic carbocycles. The van der Waals surface area contributed by atoms with Crippen LogP contribution in [0.1, 0.15) is 5.56 Å². The zero-order valence-electron chi connectivity index (χ0n) is 10.1. The van der Waals surface area contributed by atoms with E-state index in [1.54, 1.807) is 0 Å². The van der Waals surface area contributed by atoms with Gasteiger partial charge in [0.05, 0.1) is 13.5 Å². The number of hydrogen-bond acceptors (Lipinski definition) is 2.